The van der Waals surface area contributed by atoms with Crippen LogP contribution in [0.25, 0.3) is 11.3 Å². The van der Waals surface area contributed by atoms with Gasteiger partial charge in [0.2, 0.25) is 0 Å². The maximum absolute atomic E-state index is 13.0. The first kappa shape index (κ1) is 18.6. The second-order valence-electron chi connectivity index (χ2n) is 6.88. The molecule has 146 valence electrons. The number of nitrogens with zero attached hydrogens (tertiary/aromatic N) is 1. The molecule has 0 spiro atoms. The summed E-state index contributed by atoms with van der Waals surface area (Å²) in [6.07, 6.45) is 3.85. The van der Waals surface area contributed by atoms with Gasteiger partial charge in [-0.2, -0.15) is 0 Å². The third-order valence-corrected chi connectivity index (χ3v) is 6.15. The Labute approximate surface area is 164 Å². The van der Waals surface area contributed by atoms with Gasteiger partial charge < -0.3 is 9.15 Å². The lowest BCUT2D eigenvalue weighted by Crippen LogP contribution is -2.14. The zero-order valence-corrected chi connectivity index (χ0v) is 16.6. The molecule has 6 nitrogen and oxygen atoms in total. The lowest BCUT2D eigenvalue weighted by Gasteiger charge is -2.12. The molecule has 0 aliphatic heterocycles. The van der Waals surface area contributed by atoms with Crippen molar-refractivity contribution in [3.8, 4) is 17.1 Å². The smallest absolute Gasteiger partial charge is 0.262 e. The van der Waals surface area contributed by atoms with Crippen LogP contribution in [0.4, 0.5) is 5.69 Å². The van der Waals surface area contributed by atoms with Gasteiger partial charge in [-0.1, -0.05) is 12.1 Å². The molecule has 0 unspecified atom stereocenters. The van der Waals surface area contributed by atoms with Crippen molar-refractivity contribution in [2.75, 3.05) is 11.3 Å². The summed E-state index contributed by atoms with van der Waals surface area (Å²) in [6.45, 7) is 4.22. The molecule has 3 aromatic rings. The summed E-state index contributed by atoms with van der Waals surface area (Å²) in [5.41, 5.74) is 1.82. The fourth-order valence-electron chi connectivity index (χ4n) is 2.98. The van der Waals surface area contributed by atoms with E-state index in [4.69, 9.17) is 9.15 Å². The van der Waals surface area contributed by atoms with Gasteiger partial charge in [0.25, 0.3) is 10.0 Å². The summed E-state index contributed by atoms with van der Waals surface area (Å²) in [6, 6.07) is 12.1. The molecule has 0 radical (unpaired) electrons. The van der Waals surface area contributed by atoms with Crippen LogP contribution in [0.15, 0.2) is 58.0 Å². The van der Waals surface area contributed by atoms with Crippen molar-refractivity contribution in [2.24, 2.45) is 0 Å². The van der Waals surface area contributed by atoms with Crippen molar-refractivity contribution in [1.82, 2.24) is 4.98 Å². The summed E-state index contributed by atoms with van der Waals surface area (Å²) in [5.74, 6) is 2.41. The highest BCUT2D eigenvalue weighted by Gasteiger charge is 2.29. The standard InChI is InChI=1S/C21H22N2O4S/c1-3-26-18-10-8-17(9-11-18)23-28(24,25)20-12-16(5-4-14(20)2)19-13-22-21(27-19)15-6-7-15/h4-5,8-13,15,23H,3,6-7H2,1-2H3. The SMILES string of the molecule is CCOc1ccc(NS(=O)(=O)c2cc(-c3cnc(C4CC4)o3)ccc2C)cc1. The van der Waals surface area contributed by atoms with E-state index >= 15 is 0 Å². The molecule has 1 saturated carbocycles. The third kappa shape index (κ3) is 3.89. The molecular weight excluding hydrogens is 376 g/mol. The largest absolute Gasteiger partial charge is 0.494 e. The Morgan fingerprint density at radius 3 is 2.61 bits per heavy atom. The zero-order chi connectivity index (χ0) is 19.7. The summed E-state index contributed by atoms with van der Waals surface area (Å²) < 4.78 is 39.7. The third-order valence-electron chi connectivity index (χ3n) is 4.63. The first-order valence-electron chi connectivity index (χ1n) is 9.28. The van der Waals surface area contributed by atoms with Gasteiger partial charge in [0.1, 0.15) is 5.75 Å². The predicted molar refractivity (Wildman–Crippen MR) is 107 cm³/mol. The van der Waals surface area contributed by atoms with E-state index in [9.17, 15) is 8.42 Å². The molecule has 0 amide bonds. The normalized spacial score (nSPS) is 14.1. The minimum absolute atomic E-state index is 0.211. The second kappa shape index (κ2) is 7.31. The van der Waals surface area contributed by atoms with Gasteiger partial charge in [-0.25, -0.2) is 13.4 Å². The van der Waals surface area contributed by atoms with E-state index < -0.39 is 10.0 Å². The van der Waals surface area contributed by atoms with E-state index in [1.54, 1.807) is 49.5 Å². The minimum atomic E-state index is -3.75. The maximum atomic E-state index is 13.0. The van der Waals surface area contributed by atoms with Gasteiger partial charge in [0.05, 0.1) is 17.7 Å². The van der Waals surface area contributed by atoms with Crippen LogP contribution in [0, 0.1) is 6.92 Å². The summed E-state index contributed by atoms with van der Waals surface area (Å²) >= 11 is 0. The molecule has 0 atom stereocenters. The van der Waals surface area contributed by atoms with E-state index in [1.807, 2.05) is 13.0 Å². The summed E-state index contributed by atoms with van der Waals surface area (Å²) in [7, 11) is -3.75. The van der Waals surface area contributed by atoms with E-state index in [-0.39, 0.29) is 4.90 Å². The van der Waals surface area contributed by atoms with Crippen LogP contribution in [0.1, 0.15) is 37.1 Å². The highest BCUT2D eigenvalue weighted by atomic mass is 32.2. The quantitative estimate of drug-likeness (QED) is 0.622. The Morgan fingerprint density at radius 2 is 1.93 bits per heavy atom. The first-order valence-corrected chi connectivity index (χ1v) is 10.8. The topological polar surface area (TPSA) is 81.4 Å². The van der Waals surface area contributed by atoms with Gasteiger partial charge in [-0.15, -0.1) is 0 Å². The van der Waals surface area contributed by atoms with Crippen LogP contribution < -0.4 is 9.46 Å². The van der Waals surface area contributed by atoms with Crippen LogP contribution in [-0.4, -0.2) is 20.0 Å². The number of aryl methyl sites for hydroxylation is 1. The Hall–Kier alpha value is -2.80. The van der Waals surface area contributed by atoms with Crippen LogP contribution in [-0.2, 0) is 10.0 Å². The van der Waals surface area contributed by atoms with Crippen molar-refractivity contribution in [1.29, 1.82) is 0 Å². The summed E-state index contributed by atoms with van der Waals surface area (Å²) in [5, 5.41) is 0. The van der Waals surface area contributed by atoms with Crippen molar-refractivity contribution in [3.05, 3.63) is 60.1 Å². The van der Waals surface area contributed by atoms with E-state index in [0.717, 1.165) is 18.7 Å². The lowest BCUT2D eigenvalue weighted by atomic mass is 10.1. The molecule has 1 N–H and O–H groups in total. The van der Waals surface area contributed by atoms with Crippen LogP contribution >= 0.6 is 0 Å². The molecule has 0 bridgehead atoms. The molecule has 0 saturated heterocycles. The van der Waals surface area contributed by atoms with E-state index in [1.165, 1.54) is 0 Å². The van der Waals surface area contributed by atoms with Gasteiger partial charge in [-0.05, 0) is 62.6 Å². The Morgan fingerprint density at radius 1 is 1.18 bits per heavy atom. The number of benzene rings is 2. The first-order chi connectivity index (χ1) is 13.5. The fraction of sp³-hybridized carbons (Fsp3) is 0.286. The zero-order valence-electron chi connectivity index (χ0n) is 15.8. The molecule has 28 heavy (non-hydrogen) atoms. The average Bonchev–Trinajstić information content (AvgIpc) is 3.41. The molecule has 1 aliphatic rings. The Kier molecular flexibility index (Phi) is 4.85. The maximum Gasteiger partial charge on any atom is 0.262 e. The van der Waals surface area contributed by atoms with Crippen LogP contribution in [0.3, 0.4) is 0 Å². The van der Waals surface area contributed by atoms with Gasteiger partial charge in [-0.3, -0.25) is 4.72 Å². The number of hydrogen-bond acceptors (Lipinski definition) is 5. The van der Waals surface area contributed by atoms with Crippen LogP contribution in [0.5, 0.6) is 5.75 Å². The van der Waals surface area contributed by atoms with Crippen molar-refractivity contribution in [3.63, 3.8) is 0 Å². The van der Waals surface area contributed by atoms with Crippen molar-refractivity contribution in [2.45, 2.75) is 37.5 Å². The molecule has 1 fully saturated rings. The predicted octanol–water partition coefficient (Wildman–Crippen LogP) is 4.73. The fourth-order valence-corrected chi connectivity index (χ4v) is 4.31. The second-order valence-corrected chi connectivity index (χ2v) is 8.53. The number of hydrogen-bond donors (Lipinski definition) is 1. The molecule has 4 rings (SSSR count). The molecule has 7 heteroatoms. The number of oxazole rings is 1. The van der Waals surface area contributed by atoms with Gasteiger partial charge >= 0.3 is 0 Å². The average molecular weight is 398 g/mol. The molecule has 1 aromatic heterocycles. The number of anilines is 1. The minimum Gasteiger partial charge on any atom is -0.494 e. The highest BCUT2D eigenvalue weighted by Crippen LogP contribution is 2.40. The number of nitrogens with one attached hydrogen (secondary N) is 1. The molecule has 1 aliphatic carbocycles. The van der Waals surface area contributed by atoms with E-state index in [0.29, 0.717) is 40.8 Å². The van der Waals surface area contributed by atoms with Crippen molar-refractivity contribution >= 4 is 15.7 Å². The molecular formula is C21H22N2O4S. The van der Waals surface area contributed by atoms with Gasteiger partial charge in [0.15, 0.2) is 11.7 Å². The highest BCUT2D eigenvalue weighted by molar-refractivity contribution is 7.92. The number of rotatable bonds is 7. The number of sulfonamides is 1. The molecule has 2 aromatic carbocycles. The lowest BCUT2D eigenvalue weighted by molar-refractivity contribution is 0.340. The van der Waals surface area contributed by atoms with Crippen molar-refractivity contribution < 1.29 is 17.6 Å². The summed E-state index contributed by atoms with van der Waals surface area (Å²) in [4.78, 5) is 4.53. The molecule has 1 heterocycles. The number of aromatic nitrogens is 1. The number of ether oxygens (including phenoxy) is 1. The Bertz CT molecular complexity index is 1080. The monoisotopic (exact) mass is 398 g/mol. The Balaban J connectivity index is 1.60. The van der Waals surface area contributed by atoms with Crippen LogP contribution in [0.2, 0.25) is 0 Å². The van der Waals surface area contributed by atoms with Gasteiger partial charge in [0, 0.05) is 17.2 Å². The van der Waals surface area contributed by atoms with E-state index in [2.05, 4.69) is 9.71 Å².